The summed E-state index contributed by atoms with van der Waals surface area (Å²) in [6.45, 7) is 5.21. The Hall–Kier alpha value is -1.35. The topological polar surface area (TPSA) is 46.3 Å². The highest BCUT2D eigenvalue weighted by molar-refractivity contribution is 5.81. The van der Waals surface area contributed by atoms with Crippen molar-refractivity contribution in [2.45, 2.75) is 26.7 Å². The fourth-order valence-electron chi connectivity index (χ4n) is 2.03. The second kappa shape index (κ2) is 6.55. The van der Waals surface area contributed by atoms with E-state index in [9.17, 15) is 4.79 Å². The van der Waals surface area contributed by atoms with E-state index in [-0.39, 0.29) is 11.3 Å². The summed E-state index contributed by atoms with van der Waals surface area (Å²) in [5.74, 6) is 0.170. The first kappa shape index (κ1) is 14.7. The Morgan fingerprint density at radius 1 is 1.28 bits per heavy atom. The van der Waals surface area contributed by atoms with Crippen LogP contribution in [0.1, 0.15) is 25.8 Å². The lowest BCUT2D eigenvalue weighted by atomic mass is 9.87. The maximum atomic E-state index is 12.2. The lowest BCUT2D eigenvalue weighted by Crippen LogP contribution is -2.40. The van der Waals surface area contributed by atoms with Crippen molar-refractivity contribution in [1.29, 1.82) is 0 Å². The number of hydrogen-bond donors (Lipinski definition) is 1. The van der Waals surface area contributed by atoms with Gasteiger partial charge in [0.25, 0.3) is 0 Å². The minimum Gasteiger partial charge on any atom is -0.345 e. The third-order valence-corrected chi connectivity index (χ3v) is 3.27. The predicted molar refractivity (Wildman–Crippen MR) is 75.2 cm³/mol. The fraction of sp³-hybridized carbons (Fsp3) is 0.533. The Bertz CT molecular complexity index is 373. The molecule has 0 atom stereocenters. The van der Waals surface area contributed by atoms with E-state index < -0.39 is 0 Å². The van der Waals surface area contributed by atoms with Crippen LogP contribution >= 0.6 is 0 Å². The van der Waals surface area contributed by atoms with Gasteiger partial charge >= 0.3 is 0 Å². The van der Waals surface area contributed by atoms with Gasteiger partial charge in [-0.1, -0.05) is 44.2 Å². The summed E-state index contributed by atoms with van der Waals surface area (Å²) in [6, 6.07) is 10.2. The molecule has 0 radical (unpaired) electrons. The molecular formula is C15H24N2O. The number of benzene rings is 1. The maximum absolute atomic E-state index is 12.2. The van der Waals surface area contributed by atoms with Crippen LogP contribution in [0, 0.1) is 5.41 Å². The third kappa shape index (κ3) is 4.15. The third-order valence-electron chi connectivity index (χ3n) is 3.27. The van der Waals surface area contributed by atoms with Gasteiger partial charge in [0.2, 0.25) is 5.91 Å². The molecule has 1 rings (SSSR count). The van der Waals surface area contributed by atoms with Crippen molar-refractivity contribution in [2.24, 2.45) is 11.1 Å². The molecule has 1 amide bonds. The monoisotopic (exact) mass is 248 g/mol. The number of carbonyl (C=O) groups is 1. The van der Waals surface area contributed by atoms with Gasteiger partial charge in [0.05, 0.1) is 0 Å². The molecule has 18 heavy (non-hydrogen) atoms. The summed E-state index contributed by atoms with van der Waals surface area (Å²) in [7, 11) is 1.86. The number of carbonyl (C=O) groups excluding carboxylic acids is 1. The van der Waals surface area contributed by atoms with Gasteiger partial charge < -0.3 is 10.6 Å². The van der Waals surface area contributed by atoms with E-state index in [2.05, 4.69) is 12.1 Å². The summed E-state index contributed by atoms with van der Waals surface area (Å²) in [4.78, 5) is 14.1. The zero-order chi connectivity index (χ0) is 13.6. The van der Waals surface area contributed by atoms with Gasteiger partial charge in [-0.05, 0) is 24.9 Å². The highest BCUT2D eigenvalue weighted by Crippen LogP contribution is 2.22. The number of likely N-dealkylation sites (N-methyl/N-ethyl adjacent to an activating group) is 1. The highest BCUT2D eigenvalue weighted by Gasteiger charge is 2.29. The first-order chi connectivity index (χ1) is 8.47. The van der Waals surface area contributed by atoms with Crippen molar-refractivity contribution in [1.82, 2.24) is 4.90 Å². The number of nitrogens with two attached hydrogens (primary N) is 1. The average Bonchev–Trinajstić information content (AvgIpc) is 2.36. The number of rotatable bonds is 6. The molecular weight excluding hydrogens is 224 g/mol. The maximum Gasteiger partial charge on any atom is 0.228 e. The molecule has 3 nitrogen and oxygen atoms in total. The molecule has 0 aliphatic rings. The van der Waals surface area contributed by atoms with Crippen LogP contribution in [0.25, 0.3) is 0 Å². The van der Waals surface area contributed by atoms with Crippen LogP contribution in [0.3, 0.4) is 0 Å². The second-order valence-electron chi connectivity index (χ2n) is 5.38. The summed E-state index contributed by atoms with van der Waals surface area (Å²) in [6.07, 6.45) is 1.61. The Balaban J connectivity index is 2.50. The summed E-state index contributed by atoms with van der Waals surface area (Å²) < 4.78 is 0. The second-order valence-corrected chi connectivity index (χ2v) is 5.38. The van der Waals surface area contributed by atoms with Crippen LogP contribution in [-0.2, 0) is 11.2 Å². The lowest BCUT2D eigenvalue weighted by Gasteiger charge is -2.29. The van der Waals surface area contributed by atoms with Crippen LogP contribution in [0.4, 0.5) is 0 Å². The zero-order valence-electron chi connectivity index (χ0n) is 11.6. The van der Waals surface area contributed by atoms with Crippen LogP contribution in [0.2, 0.25) is 0 Å². The normalized spacial score (nSPS) is 11.3. The van der Waals surface area contributed by atoms with E-state index in [0.29, 0.717) is 6.54 Å². The van der Waals surface area contributed by atoms with Crippen LogP contribution in [0.5, 0.6) is 0 Å². The average molecular weight is 248 g/mol. The molecule has 1 aromatic carbocycles. The van der Waals surface area contributed by atoms with Crippen LogP contribution in [-0.4, -0.2) is 30.9 Å². The quantitative estimate of drug-likeness (QED) is 0.837. The molecule has 0 aliphatic carbocycles. The first-order valence-corrected chi connectivity index (χ1v) is 6.47. The molecule has 0 aliphatic heterocycles. The minimum atomic E-state index is -0.361. The number of nitrogens with zero attached hydrogens (tertiary/aromatic N) is 1. The Morgan fingerprint density at radius 3 is 2.44 bits per heavy atom. The van der Waals surface area contributed by atoms with E-state index >= 15 is 0 Å². The number of amides is 1. The zero-order valence-corrected chi connectivity index (χ0v) is 11.6. The van der Waals surface area contributed by atoms with Gasteiger partial charge in [0.15, 0.2) is 0 Å². The largest absolute Gasteiger partial charge is 0.345 e. The van der Waals surface area contributed by atoms with E-state index in [0.717, 1.165) is 19.4 Å². The molecule has 2 N–H and O–H groups in total. The minimum absolute atomic E-state index is 0.170. The molecule has 0 unspecified atom stereocenters. The first-order valence-electron chi connectivity index (χ1n) is 6.47. The molecule has 3 heteroatoms. The number of hydrogen-bond acceptors (Lipinski definition) is 2. The van der Waals surface area contributed by atoms with Crippen molar-refractivity contribution < 1.29 is 4.79 Å². The highest BCUT2D eigenvalue weighted by atomic mass is 16.2. The lowest BCUT2D eigenvalue weighted by molar-refractivity contribution is -0.139. The molecule has 0 fully saturated rings. The Kier molecular flexibility index (Phi) is 5.35. The van der Waals surface area contributed by atoms with Gasteiger partial charge in [-0.25, -0.2) is 0 Å². The summed E-state index contributed by atoms with van der Waals surface area (Å²) in [5, 5.41) is 0. The fourth-order valence-corrected chi connectivity index (χ4v) is 2.03. The van der Waals surface area contributed by atoms with Gasteiger partial charge in [-0.3, -0.25) is 4.79 Å². The van der Waals surface area contributed by atoms with Gasteiger partial charge in [0.1, 0.15) is 0 Å². The van der Waals surface area contributed by atoms with Crippen molar-refractivity contribution in [2.75, 3.05) is 20.1 Å². The molecule has 0 aromatic heterocycles. The molecule has 1 aromatic rings. The smallest absolute Gasteiger partial charge is 0.228 e. The Morgan fingerprint density at radius 2 is 1.89 bits per heavy atom. The summed E-state index contributed by atoms with van der Waals surface area (Å²) in [5.41, 5.74) is 6.44. The molecule has 0 saturated heterocycles. The summed E-state index contributed by atoms with van der Waals surface area (Å²) >= 11 is 0. The van der Waals surface area contributed by atoms with Crippen LogP contribution in [0.15, 0.2) is 30.3 Å². The molecule has 0 spiro atoms. The van der Waals surface area contributed by atoms with Gasteiger partial charge in [-0.2, -0.15) is 0 Å². The van der Waals surface area contributed by atoms with Gasteiger partial charge in [0, 0.05) is 19.0 Å². The standard InChI is InChI=1S/C15H24N2O/c1-15(2,10-11-16)14(18)17(3)12-9-13-7-5-4-6-8-13/h4-8H,9-12,16H2,1-3H3. The van der Waals surface area contributed by atoms with E-state index in [1.807, 2.05) is 44.0 Å². The molecule has 100 valence electrons. The Labute approximate surface area is 110 Å². The van der Waals surface area contributed by atoms with E-state index in [1.165, 1.54) is 5.56 Å². The molecule has 0 heterocycles. The van der Waals surface area contributed by atoms with Crippen molar-refractivity contribution in [3.63, 3.8) is 0 Å². The molecule has 0 saturated carbocycles. The van der Waals surface area contributed by atoms with Crippen molar-refractivity contribution >= 4 is 5.91 Å². The van der Waals surface area contributed by atoms with Crippen LogP contribution < -0.4 is 5.73 Å². The SMILES string of the molecule is CN(CCc1ccccc1)C(=O)C(C)(C)CCN. The van der Waals surface area contributed by atoms with Gasteiger partial charge in [-0.15, -0.1) is 0 Å². The van der Waals surface area contributed by atoms with E-state index in [1.54, 1.807) is 0 Å². The van der Waals surface area contributed by atoms with Crippen molar-refractivity contribution in [3.8, 4) is 0 Å². The predicted octanol–water partition coefficient (Wildman–Crippen LogP) is 2.06. The molecule has 0 bridgehead atoms. The van der Waals surface area contributed by atoms with Crippen molar-refractivity contribution in [3.05, 3.63) is 35.9 Å². The van der Waals surface area contributed by atoms with E-state index in [4.69, 9.17) is 5.73 Å².